The summed E-state index contributed by atoms with van der Waals surface area (Å²) >= 11 is 0. The zero-order valence-electron chi connectivity index (χ0n) is 13.3. The van der Waals surface area contributed by atoms with Crippen molar-refractivity contribution in [1.29, 1.82) is 0 Å². The topological polar surface area (TPSA) is 79.8 Å². The Morgan fingerprint density at radius 2 is 1.86 bits per heavy atom. The number of carbonyl (C=O) groups is 1. The molecule has 2 N–H and O–H groups in total. The molecule has 22 heavy (non-hydrogen) atoms. The molecule has 2 rings (SSSR count). The molecule has 0 atom stereocenters. The van der Waals surface area contributed by atoms with Gasteiger partial charge in [-0.2, -0.15) is 0 Å². The number of rotatable bonds is 3. The van der Waals surface area contributed by atoms with E-state index >= 15 is 0 Å². The Hall–Kier alpha value is -2.50. The van der Waals surface area contributed by atoms with Crippen molar-refractivity contribution in [3.05, 3.63) is 47.8 Å². The largest absolute Gasteiger partial charge is 0.332 e. The van der Waals surface area contributed by atoms with Crippen molar-refractivity contribution in [3.63, 3.8) is 0 Å². The van der Waals surface area contributed by atoms with Gasteiger partial charge in [-0.25, -0.2) is 14.8 Å². The molecule has 0 unspecified atom stereocenters. The molecule has 0 spiro atoms. The molecule has 0 aromatic carbocycles. The summed E-state index contributed by atoms with van der Waals surface area (Å²) < 4.78 is 0. The second-order valence-corrected chi connectivity index (χ2v) is 6.12. The van der Waals surface area contributed by atoms with Gasteiger partial charge in [0.25, 0.3) is 0 Å². The Morgan fingerprint density at radius 3 is 2.45 bits per heavy atom. The molecule has 0 radical (unpaired) electrons. The fraction of sp³-hybridized carbons (Fsp3) is 0.375. The summed E-state index contributed by atoms with van der Waals surface area (Å²) in [6.07, 6.45) is 3.22. The Balaban J connectivity index is 1.89. The third-order valence-corrected chi connectivity index (χ3v) is 2.96. The minimum atomic E-state index is -0.310. The highest BCUT2D eigenvalue weighted by molar-refractivity contribution is 5.88. The van der Waals surface area contributed by atoms with Crippen LogP contribution in [0.2, 0.25) is 0 Å². The Bertz CT molecular complexity index is 646. The van der Waals surface area contributed by atoms with E-state index in [1.54, 1.807) is 12.4 Å². The summed E-state index contributed by atoms with van der Waals surface area (Å²) in [6, 6.07) is 5.39. The maximum absolute atomic E-state index is 11.8. The summed E-state index contributed by atoms with van der Waals surface area (Å²) in [5.41, 5.74) is 2.18. The van der Waals surface area contributed by atoms with Gasteiger partial charge in [0.15, 0.2) is 0 Å². The number of nitrogens with zero attached hydrogens (tertiary/aromatic N) is 3. The fourth-order valence-electron chi connectivity index (χ4n) is 1.82. The molecule has 0 aliphatic carbocycles. The van der Waals surface area contributed by atoms with E-state index in [0.29, 0.717) is 12.2 Å². The molecule has 0 aliphatic heterocycles. The molecule has 2 heterocycles. The molecule has 0 bridgehead atoms. The van der Waals surface area contributed by atoms with Crippen LogP contribution < -0.4 is 10.6 Å². The molecule has 0 saturated heterocycles. The first-order chi connectivity index (χ1) is 10.3. The number of aryl methyl sites for hydroxylation is 1. The molecule has 6 nitrogen and oxygen atoms in total. The molecular formula is C16H21N5O. The highest BCUT2D eigenvalue weighted by atomic mass is 16.2. The lowest BCUT2D eigenvalue weighted by atomic mass is 9.96. The van der Waals surface area contributed by atoms with Crippen molar-refractivity contribution in [2.24, 2.45) is 0 Å². The quantitative estimate of drug-likeness (QED) is 0.913. The van der Waals surface area contributed by atoms with E-state index in [0.717, 1.165) is 17.2 Å². The number of pyridine rings is 1. The number of nitrogens with one attached hydrogen (secondary N) is 2. The third kappa shape index (κ3) is 4.51. The zero-order chi connectivity index (χ0) is 16.2. The SMILES string of the molecule is Cc1cccc(CNC(=O)Nc2cnc(C(C)(C)C)nc2)n1. The number of carbonyl (C=O) groups excluding carboxylic acids is 1. The van der Waals surface area contributed by atoms with E-state index in [2.05, 4.69) is 25.6 Å². The van der Waals surface area contributed by atoms with Crippen LogP contribution in [0.15, 0.2) is 30.6 Å². The maximum Gasteiger partial charge on any atom is 0.319 e. The molecule has 0 aliphatic rings. The van der Waals surface area contributed by atoms with Crippen molar-refractivity contribution in [3.8, 4) is 0 Å². The van der Waals surface area contributed by atoms with Crippen LogP contribution in [0.25, 0.3) is 0 Å². The smallest absolute Gasteiger partial charge is 0.319 e. The summed E-state index contributed by atoms with van der Waals surface area (Å²) in [6.45, 7) is 8.40. The predicted molar refractivity (Wildman–Crippen MR) is 85.6 cm³/mol. The van der Waals surface area contributed by atoms with Crippen LogP contribution in [-0.2, 0) is 12.0 Å². The summed E-state index contributed by atoms with van der Waals surface area (Å²) in [5, 5.41) is 5.45. The van der Waals surface area contributed by atoms with E-state index in [1.165, 1.54) is 0 Å². The second kappa shape index (κ2) is 6.51. The van der Waals surface area contributed by atoms with Crippen molar-refractivity contribution in [2.45, 2.75) is 39.7 Å². The van der Waals surface area contributed by atoms with E-state index in [9.17, 15) is 4.79 Å². The third-order valence-electron chi connectivity index (χ3n) is 2.96. The van der Waals surface area contributed by atoms with Crippen LogP contribution in [-0.4, -0.2) is 21.0 Å². The highest BCUT2D eigenvalue weighted by Gasteiger charge is 2.16. The minimum absolute atomic E-state index is 0.113. The van der Waals surface area contributed by atoms with Crippen LogP contribution in [0, 0.1) is 6.92 Å². The number of amides is 2. The monoisotopic (exact) mass is 299 g/mol. The normalized spacial score (nSPS) is 11.1. The van der Waals surface area contributed by atoms with Gasteiger partial charge in [-0.05, 0) is 19.1 Å². The average molecular weight is 299 g/mol. The average Bonchev–Trinajstić information content (AvgIpc) is 2.45. The van der Waals surface area contributed by atoms with Gasteiger partial charge in [0.1, 0.15) is 5.82 Å². The number of hydrogen-bond acceptors (Lipinski definition) is 4. The molecule has 0 fully saturated rings. The van der Waals surface area contributed by atoms with Crippen LogP contribution in [0.5, 0.6) is 0 Å². The molecule has 2 aromatic heterocycles. The highest BCUT2D eigenvalue weighted by Crippen LogP contribution is 2.18. The number of hydrogen-bond donors (Lipinski definition) is 2. The summed E-state index contributed by atoms with van der Waals surface area (Å²) in [7, 11) is 0. The lowest BCUT2D eigenvalue weighted by Gasteiger charge is -2.16. The second-order valence-electron chi connectivity index (χ2n) is 6.12. The first-order valence-corrected chi connectivity index (χ1v) is 7.14. The number of anilines is 1. The van der Waals surface area contributed by atoms with Crippen LogP contribution in [0.4, 0.5) is 10.5 Å². The standard InChI is InChI=1S/C16H21N5O/c1-11-6-5-7-12(20-11)8-19-15(22)21-13-9-17-14(18-10-13)16(2,3)4/h5-7,9-10H,8H2,1-4H3,(H2,19,21,22). The maximum atomic E-state index is 11.8. The number of urea groups is 1. The summed E-state index contributed by atoms with van der Waals surface area (Å²) in [5.74, 6) is 0.738. The van der Waals surface area contributed by atoms with Gasteiger partial charge in [-0.3, -0.25) is 4.98 Å². The van der Waals surface area contributed by atoms with Gasteiger partial charge in [0.05, 0.1) is 30.3 Å². The van der Waals surface area contributed by atoms with Crippen molar-refractivity contribution in [2.75, 3.05) is 5.32 Å². The van der Waals surface area contributed by atoms with Crippen molar-refractivity contribution >= 4 is 11.7 Å². The van der Waals surface area contributed by atoms with Gasteiger partial charge in [0, 0.05) is 11.1 Å². The molecule has 2 aromatic rings. The van der Waals surface area contributed by atoms with Gasteiger partial charge in [0.2, 0.25) is 0 Å². The Labute approximate surface area is 130 Å². The molecule has 0 saturated carbocycles. The van der Waals surface area contributed by atoms with Gasteiger partial charge < -0.3 is 10.6 Å². The zero-order valence-corrected chi connectivity index (χ0v) is 13.3. The molecule has 6 heteroatoms. The van der Waals surface area contributed by atoms with E-state index in [1.807, 2.05) is 45.9 Å². The van der Waals surface area contributed by atoms with Gasteiger partial charge in [-0.15, -0.1) is 0 Å². The first-order valence-electron chi connectivity index (χ1n) is 7.14. The minimum Gasteiger partial charge on any atom is -0.332 e. The van der Waals surface area contributed by atoms with Gasteiger partial charge in [-0.1, -0.05) is 26.8 Å². The lowest BCUT2D eigenvalue weighted by Crippen LogP contribution is -2.28. The van der Waals surface area contributed by atoms with Crippen LogP contribution in [0.3, 0.4) is 0 Å². The predicted octanol–water partition coefficient (Wildman–Crippen LogP) is 2.80. The molecule has 2 amide bonds. The lowest BCUT2D eigenvalue weighted by molar-refractivity contribution is 0.251. The van der Waals surface area contributed by atoms with Gasteiger partial charge >= 0.3 is 6.03 Å². The Kier molecular flexibility index (Phi) is 4.70. The summed E-state index contributed by atoms with van der Waals surface area (Å²) in [4.78, 5) is 24.7. The molecule has 116 valence electrons. The van der Waals surface area contributed by atoms with E-state index in [-0.39, 0.29) is 11.4 Å². The first kappa shape index (κ1) is 15.9. The van der Waals surface area contributed by atoms with Crippen molar-refractivity contribution in [1.82, 2.24) is 20.3 Å². The van der Waals surface area contributed by atoms with Crippen LogP contribution >= 0.6 is 0 Å². The van der Waals surface area contributed by atoms with Crippen LogP contribution in [0.1, 0.15) is 38.0 Å². The van der Waals surface area contributed by atoms with E-state index in [4.69, 9.17) is 0 Å². The van der Waals surface area contributed by atoms with E-state index < -0.39 is 0 Å². The fourth-order valence-corrected chi connectivity index (χ4v) is 1.82. The van der Waals surface area contributed by atoms with Crippen molar-refractivity contribution < 1.29 is 4.79 Å². The Morgan fingerprint density at radius 1 is 1.18 bits per heavy atom. The molecular weight excluding hydrogens is 278 g/mol. The number of aromatic nitrogens is 3.